The van der Waals surface area contributed by atoms with Crippen LogP contribution >= 0.6 is 27.5 Å². The maximum absolute atomic E-state index is 12.1. The largest absolute Gasteiger partial charge is 0.292 e. The molecule has 1 N–H and O–H groups in total. The predicted octanol–water partition coefficient (Wildman–Crippen LogP) is 2.67. The lowest BCUT2D eigenvalue weighted by Gasteiger charge is -2.16. The molecule has 96 valence electrons. The van der Waals surface area contributed by atoms with Crippen LogP contribution in [0.1, 0.15) is 26.5 Å². The molecule has 2 aromatic heterocycles. The lowest BCUT2D eigenvalue weighted by Crippen LogP contribution is -2.16. The highest BCUT2D eigenvalue weighted by Gasteiger charge is 2.23. The van der Waals surface area contributed by atoms with Gasteiger partial charge in [0.2, 0.25) is 0 Å². The zero-order valence-corrected chi connectivity index (χ0v) is 12.5. The Labute approximate surface area is 117 Å². The summed E-state index contributed by atoms with van der Waals surface area (Å²) in [6.07, 6.45) is 0. The van der Waals surface area contributed by atoms with Crippen LogP contribution in [0.15, 0.2) is 21.4 Å². The number of halogens is 2. The second kappa shape index (κ2) is 4.51. The van der Waals surface area contributed by atoms with Crippen molar-refractivity contribution in [2.45, 2.75) is 26.2 Å². The number of nitrogens with zero attached hydrogens (tertiary/aromatic N) is 3. The minimum absolute atomic E-state index is 0.177. The van der Waals surface area contributed by atoms with Crippen LogP contribution < -0.4 is 5.56 Å². The molecule has 2 rings (SSSR count). The van der Waals surface area contributed by atoms with E-state index < -0.39 is 0 Å². The fourth-order valence-corrected chi connectivity index (χ4v) is 2.46. The Morgan fingerprint density at radius 2 is 2.00 bits per heavy atom. The first kappa shape index (κ1) is 13.3. The molecule has 0 aromatic carbocycles. The summed E-state index contributed by atoms with van der Waals surface area (Å²) in [5.74, 6) is 0.403. The summed E-state index contributed by atoms with van der Waals surface area (Å²) in [5.41, 5.74) is 0.434. The zero-order valence-electron chi connectivity index (χ0n) is 10.2. The molecule has 0 aliphatic heterocycles. The zero-order chi connectivity index (χ0) is 13.5. The smallest absolute Gasteiger partial charge is 0.287 e. The van der Waals surface area contributed by atoms with Gasteiger partial charge in [-0.3, -0.25) is 9.89 Å². The summed E-state index contributed by atoms with van der Waals surface area (Å²) >= 11 is 8.98. The highest BCUT2D eigenvalue weighted by molar-refractivity contribution is 9.10. The van der Waals surface area contributed by atoms with E-state index in [2.05, 4.69) is 31.2 Å². The summed E-state index contributed by atoms with van der Waals surface area (Å²) in [5, 5.41) is 10.9. The molecule has 2 aromatic rings. The SMILES string of the molecule is CC(C)(C)c1[nH]n(-c2ccc(Cl)nn2)c(=O)c1Br. The first-order valence-electron chi connectivity index (χ1n) is 5.31. The molecule has 0 spiro atoms. The maximum atomic E-state index is 12.1. The third-order valence-electron chi connectivity index (χ3n) is 2.43. The minimum atomic E-state index is -0.198. The second-order valence-electron chi connectivity index (χ2n) is 4.91. The van der Waals surface area contributed by atoms with Crippen LogP contribution in [-0.2, 0) is 5.41 Å². The van der Waals surface area contributed by atoms with Gasteiger partial charge in [0.15, 0.2) is 11.0 Å². The van der Waals surface area contributed by atoms with E-state index in [4.69, 9.17) is 11.6 Å². The summed E-state index contributed by atoms with van der Waals surface area (Å²) < 4.78 is 1.85. The number of hydrogen-bond donors (Lipinski definition) is 1. The maximum Gasteiger partial charge on any atom is 0.287 e. The number of aromatic nitrogens is 4. The molecule has 5 nitrogen and oxygen atoms in total. The molecule has 0 aliphatic rings. The van der Waals surface area contributed by atoms with E-state index in [1.165, 1.54) is 4.68 Å². The van der Waals surface area contributed by atoms with Gasteiger partial charge in [-0.2, -0.15) is 4.68 Å². The first-order chi connectivity index (χ1) is 8.30. The molecule has 0 saturated heterocycles. The van der Waals surface area contributed by atoms with Crippen molar-refractivity contribution >= 4 is 27.5 Å². The van der Waals surface area contributed by atoms with E-state index in [1.54, 1.807) is 12.1 Å². The van der Waals surface area contributed by atoms with E-state index >= 15 is 0 Å². The second-order valence-corrected chi connectivity index (χ2v) is 6.09. The average Bonchev–Trinajstić information content (AvgIpc) is 2.57. The van der Waals surface area contributed by atoms with Crippen molar-refractivity contribution in [2.75, 3.05) is 0 Å². The quantitative estimate of drug-likeness (QED) is 0.874. The van der Waals surface area contributed by atoms with Crippen LogP contribution in [0.5, 0.6) is 0 Å². The van der Waals surface area contributed by atoms with Gasteiger partial charge in [-0.25, -0.2) is 0 Å². The molecule has 0 fully saturated rings. The minimum Gasteiger partial charge on any atom is -0.292 e. The molecule has 0 amide bonds. The van der Waals surface area contributed by atoms with Crippen LogP contribution in [0.25, 0.3) is 5.82 Å². The van der Waals surface area contributed by atoms with E-state index in [-0.39, 0.29) is 16.1 Å². The number of rotatable bonds is 1. The molecule has 0 unspecified atom stereocenters. The molecule has 18 heavy (non-hydrogen) atoms. The highest BCUT2D eigenvalue weighted by atomic mass is 79.9. The topological polar surface area (TPSA) is 63.6 Å². The molecule has 7 heteroatoms. The van der Waals surface area contributed by atoms with Gasteiger partial charge in [0.25, 0.3) is 5.56 Å². The summed E-state index contributed by atoms with van der Waals surface area (Å²) in [4.78, 5) is 12.1. The Kier molecular flexibility index (Phi) is 3.33. The first-order valence-corrected chi connectivity index (χ1v) is 6.48. The number of nitrogens with one attached hydrogen (secondary N) is 1. The van der Waals surface area contributed by atoms with Crippen LogP contribution in [0.2, 0.25) is 5.15 Å². The van der Waals surface area contributed by atoms with Crippen LogP contribution in [-0.4, -0.2) is 20.0 Å². The van der Waals surface area contributed by atoms with Crippen molar-refractivity contribution in [3.8, 4) is 5.82 Å². The third kappa shape index (κ3) is 2.35. The van der Waals surface area contributed by atoms with Gasteiger partial charge < -0.3 is 0 Å². The van der Waals surface area contributed by atoms with Gasteiger partial charge in [-0.15, -0.1) is 10.2 Å². The highest BCUT2D eigenvalue weighted by Crippen LogP contribution is 2.26. The lowest BCUT2D eigenvalue weighted by molar-refractivity contribution is 0.556. The van der Waals surface area contributed by atoms with Crippen LogP contribution in [0.3, 0.4) is 0 Å². The van der Waals surface area contributed by atoms with Crippen molar-refractivity contribution in [1.82, 2.24) is 20.0 Å². The van der Waals surface area contributed by atoms with Crippen molar-refractivity contribution in [2.24, 2.45) is 0 Å². The summed E-state index contributed by atoms with van der Waals surface area (Å²) in [7, 11) is 0. The summed E-state index contributed by atoms with van der Waals surface area (Å²) in [6.45, 7) is 6.04. The van der Waals surface area contributed by atoms with Crippen molar-refractivity contribution < 1.29 is 0 Å². The van der Waals surface area contributed by atoms with Gasteiger partial charge in [-0.1, -0.05) is 32.4 Å². The van der Waals surface area contributed by atoms with Crippen molar-refractivity contribution in [1.29, 1.82) is 0 Å². The Hall–Kier alpha value is -1.14. The average molecular weight is 332 g/mol. The van der Waals surface area contributed by atoms with Crippen LogP contribution in [0, 0.1) is 0 Å². The molecule has 0 saturated carbocycles. The number of aromatic amines is 1. The number of hydrogen-bond acceptors (Lipinski definition) is 3. The standard InChI is InChI=1S/C11H12BrClN4O/c1-11(2,3)9-8(12)10(18)17(16-9)7-5-4-6(13)14-15-7/h4-5,16H,1-3H3. The molecular formula is C11H12BrClN4O. The monoisotopic (exact) mass is 330 g/mol. The Bertz CT molecular complexity index is 624. The van der Waals surface area contributed by atoms with Gasteiger partial charge >= 0.3 is 0 Å². The van der Waals surface area contributed by atoms with Gasteiger partial charge in [-0.05, 0) is 28.1 Å². The van der Waals surface area contributed by atoms with E-state index in [0.29, 0.717) is 10.3 Å². The Morgan fingerprint density at radius 1 is 1.33 bits per heavy atom. The van der Waals surface area contributed by atoms with Crippen molar-refractivity contribution in [3.63, 3.8) is 0 Å². The molecular weight excluding hydrogens is 320 g/mol. The third-order valence-corrected chi connectivity index (χ3v) is 3.37. The van der Waals surface area contributed by atoms with Gasteiger partial charge in [0.05, 0.1) is 5.69 Å². The predicted molar refractivity (Wildman–Crippen MR) is 73.4 cm³/mol. The summed E-state index contributed by atoms with van der Waals surface area (Å²) in [6, 6.07) is 3.22. The lowest BCUT2D eigenvalue weighted by atomic mass is 9.93. The van der Waals surface area contributed by atoms with E-state index in [1.807, 2.05) is 20.8 Å². The van der Waals surface area contributed by atoms with Crippen LogP contribution in [0.4, 0.5) is 0 Å². The molecule has 2 heterocycles. The molecule has 0 radical (unpaired) electrons. The van der Waals surface area contributed by atoms with Gasteiger partial charge in [0.1, 0.15) is 4.47 Å². The van der Waals surface area contributed by atoms with Gasteiger partial charge in [0, 0.05) is 5.41 Å². The fourth-order valence-electron chi connectivity index (χ4n) is 1.50. The molecule has 0 bridgehead atoms. The number of H-pyrrole nitrogens is 1. The molecule has 0 aliphatic carbocycles. The van der Waals surface area contributed by atoms with E-state index in [0.717, 1.165) is 5.69 Å². The fraction of sp³-hybridized carbons (Fsp3) is 0.364. The Balaban J connectivity index is 2.60. The normalized spacial score (nSPS) is 11.8. The Morgan fingerprint density at radius 3 is 2.44 bits per heavy atom. The van der Waals surface area contributed by atoms with E-state index in [9.17, 15) is 4.79 Å². The molecule has 0 atom stereocenters. The van der Waals surface area contributed by atoms with Crippen molar-refractivity contribution in [3.05, 3.63) is 37.8 Å².